The van der Waals surface area contributed by atoms with Crippen molar-refractivity contribution in [2.24, 2.45) is 0 Å². The topological polar surface area (TPSA) is 49.4 Å². The molecule has 1 heterocycles. The van der Waals surface area contributed by atoms with E-state index < -0.39 is 17.2 Å². The Bertz CT molecular complexity index is 944. The lowest BCUT2D eigenvalue weighted by Gasteiger charge is -2.34. The number of hydrogen-bond donors (Lipinski definition) is 1. The zero-order valence-electron chi connectivity index (χ0n) is 17.9. The minimum absolute atomic E-state index is 0.0333. The first-order valence-corrected chi connectivity index (χ1v) is 10.3. The van der Waals surface area contributed by atoms with Gasteiger partial charge in [0.05, 0.1) is 11.0 Å². The van der Waals surface area contributed by atoms with Crippen LogP contribution in [0.1, 0.15) is 53.7 Å². The molecule has 4 nitrogen and oxygen atoms in total. The van der Waals surface area contributed by atoms with Crippen molar-refractivity contribution in [1.82, 2.24) is 10.2 Å². The van der Waals surface area contributed by atoms with Gasteiger partial charge in [0.25, 0.3) is 5.91 Å². The maximum absolute atomic E-state index is 13.0. The van der Waals surface area contributed by atoms with Crippen LogP contribution in [0.25, 0.3) is 0 Å². The van der Waals surface area contributed by atoms with Crippen molar-refractivity contribution in [2.45, 2.75) is 51.2 Å². The molecule has 31 heavy (non-hydrogen) atoms. The normalized spacial score (nSPS) is 15.6. The van der Waals surface area contributed by atoms with Gasteiger partial charge in [0.15, 0.2) is 0 Å². The Labute approximate surface area is 180 Å². The van der Waals surface area contributed by atoms with E-state index in [1.807, 2.05) is 31.2 Å². The Morgan fingerprint density at radius 1 is 0.968 bits per heavy atom. The SMILES string of the molecule is Cc1ccc(C(=O)N2CCC(NC(=O)C(C)(C)c3cccc(C(F)(F)F)c3)CC2)cc1. The summed E-state index contributed by atoms with van der Waals surface area (Å²) in [5.41, 5.74) is 0.150. The molecule has 3 rings (SSSR count). The van der Waals surface area contributed by atoms with Gasteiger partial charge in [-0.15, -0.1) is 0 Å². The van der Waals surface area contributed by atoms with Gasteiger partial charge in [0.2, 0.25) is 5.91 Å². The van der Waals surface area contributed by atoms with Gasteiger partial charge < -0.3 is 10.2 Å². The Morgan fingerprint density at radius 2 is 1.55 bits per heavy atom. The molecule has 0 aliphatic carbocycles. The summed E-state index contributed by atoms with van der Waals surface area (Å²) in [4.78, 5) is 27.3. The number of piperidine rings is 1. The minimum atomic E-state index is -4.46. The third-order valence-electron chi connectivity index (χ3n) is 5.90. The summed E-state index contributed by atoms with van der Waals surface area (Å²) >= 11 is 0. The maximum atomic E-state index is 13.0. The fourth-order valence-electron chi connectivity index (χ4n) is 3.69. The highest BCUT2D eigenvalue weighted by atomic mass is 19.4. The summed E-state index contributed by atoms with van der Waals surface area (Å²) in [6.07, 6.45) is -3.26. The smallest absolute Gasteiger partial charge is 0.352 e. The zero-order chi connectivity index (χ0) is 22.8. The molecule has 0 saturated carbocycles. The molecule has 1 N–H and O–H groups in total. The molecule has 2 aromatic rings. The van der Waals surface area contributed by atoms with Gasteiger partial charge in [-0.3, -0.25) is 9.59 Å². The van der Waals surface area contributed by atoms with Crippen molar-refractivity contribution in [3.05, 3.63) is 70.8 Å². The van der Waals surface area contributed by atoms with Gasteiger partial charge in [0.1, 0.15) is 0 Å². The van der Waals surface area contributed by atoms with Crippen LogP contribution in [0.15, 0.2) is 48.5 Å². The number of rotatable bonds is 4. The van der Waals surface area contributed by atoms with Crippen LogP contribution in [0.2, 0.25) is 0 Å². The minimum Gasteiger partial charge on any atom is -0.352 e. The molecule has 0 aromatic heterocycles. The number of halogens is 3. The Morgan fingerprint density at radius 3 is 2.13 bits per heavy atom. The molecular weight excluding hydrogens is 405 g/mol. The molecular formula is C24H27F3N2O2. The Kier molecular flexibility index (Phi) is 6.43. The summed E-state index contributed by atoms with van der Waals surface area (Å²) in [5.74, 6) is -0.357. The third kappa shape index (κ3) is 5.27. The standard InChI is InChI=1S/C24H27F3N2O2/c1-16-7-9-17(10-8-16)21(30)29-13-11-20(12-14-29)28-22(31)23(2,3)18-5-4-6-19(15-18)24(25,26)27/h4-10,15,20H,11-14H2,1-3H3,(H,28,31). The summed E-state index contributed by atoms with van der Waals surface area (Å²) < 4.78 is 39.1. The van der Waals surface area contributed by atoms with Crippen LogP contribution in [0.3, 0.4) is 0 Å². The van der Waals surface area contributed by atoms with E-state index in [0.717, 1.165) is 17.7 Å². The number of amides is 2. The number of hydrogen-bond acceptors (Lipinski definition) is 2. The Balaban J connectivity index is 1.60. The molecule has 1 aliphatic rings. The average Bonchev–Trinajstić information content (AvgIpc) is 2.74. The van der Waals surface area contributed by atoms with E-state index in [1.165, 1.54) is 12.1 Å². The van der Waals surface area contributed by atoms with Gasteiger partial charge in [0, 0.05) is 24.7 Å². The van der Waals surface area contributed by atoms with E-state index >= 15 is 0 Å². The first kappa shape index (κ1) is 22.8. The molecule has 0 bridgehead atoms. The van der Waals surface area contributed by atoms with Crippen molar-refractivity contribution in [3.8, 4) is 0 Å². The fraction of sp³-hybridized carbons (Fsp3) is 0.417. The number of nitrogens with zero attached hydrogens (tertiary/aromatic N) is 1. The summed E-state index contributed by atoms with van der Waals surface area (Å²) in [5, 5.41) is 2.96. The van der Waals surface area contributed by atoms with E-state index in [9.17, 15) is 22.8 Å². The number of aryl methyl sites for hydroxylation is 1. The van der Waals surface area contributed by atoms with E-state index in [1.54, 1.807) is 18.7 Å². The highest BCUT2D eigenvalue weighted by Gasteiger charge is 2.36. The summed E-state index contributed by atoms with van der Waals surface area (Å²) in [6.45, 7) is 6.23. The molecule has 0 spiro atoms. The number of benzene rings is 2. The number of likely N-dealkylation sites (tertiary alicyclic amines) is 1. The second-order valence-corrected chi connectivity index (χ2v) is 8.61. The Hall–Kier alpha value is -2.83. The van der Waals surface area contributed by atoms with Crippen molar-refractivity contribution in [1.29, 1.82) is 0 Å². The van der Waals surface area contributed by atoms with Gasteiger partial charge in [-0.25, -0.2) is 0 Å². The molecule has 2 aromatic carbocycles. The highest BCUT2D eigenvalue weighted by molar-refractivity contribution is 5.94. The predicted octanol–water partition coefficient (Wildman–Crippen LogP) is 4.71. The van der Waals surface area contributed by atoms with E-state index in [-0.39, 0.29) is 17.9 Å². The molecule has 0 radical (unpaired) electrons. The van der Waals surface area contributed by atoms with Gasteiger partial charge in [-0.05, 0) is 57.4 Å². The maximum Gasteiger partial charge on any atom is 0.416 e. The molecule has 1 saturated heterocycles. The van der Waals surface area contributed by atoms with Gasteiger partial charge in [-0.1, -0.05) is 35.9 Å². The van der Waals surface area contributed by atoms with Crippen LogP contribution in [0.4, 0.5) is 13.2 Å². The molecule has 1 fully saturated rings. The van der Waals surface area contributed by atoms with Gasteiger partial charge >= 0.3 is 6.18 Å². The number of alkyl halides is 3. The first-order chi connectivity index (χ1) is 14.5. The number of carbonyl (C=O) groups is 2. The second-order valence-electron chi connectivity index (χ2n) is 8.61. The van der Waals surface area contributed by atoms with E-state index in [2.05, 4.69) is 5.32 Å². The third-order valence-corrected chi connectivity index (χ3v) is 5.90. The molecule has 166 valence electrons. The van der Waals surface area contributed by atoms with Crippen LogP contribution in [0.5, 0.6) is 0 Å². The lowest BCUT2D eigenvalue weighted by molar-refractivity contribution is -0.138. The van der Waals surface area contributed by atoms with Gasteiger partial charge in [-0.2, -0.15) is 13.2 Å². The van der Waals surface area contributed by atoms with Crippen molar-refractivity contribution in [2.75, 3.05) is 13.1 Å². The average molecular weight is 432 g/mol. The first-order valence-electron chi connectivity index (χ1n) is 10.3. The van der Waals surface area contributed by atoms with Crippen LogP contribution < -0.4 is 5.32 Å². The van der Waals surface area contributed by atoms with Crippen molar-refractivity contribution in [3.63, 3.8) is 0 Å². The molecule has 0 atom stereocenters. The number of nitrogens with one attached hydrogen (secondary N) is 1. The largest absolute Gasteiger partial charge is 0.416 e. The highest BCUT2D eigenvalue weighted by Crippen LogP contribution is 2.33. The van der Waals surface area contributed by atoms with Crippen LogP contribution in [-0.4, -0.2) is 35.8 Å². The van der Waals surface area contributed by atoms with E-state index in [4.69, 9.17) is 0 Å². The quantitative estimate of drug-likeness (QED) is 0.761. The fourth-order valence-corrected chi connectivity index (χ4v) is 3.69. The van der Waals surface area contributed by atoms with Crippen LogP contribution >= 0.6 is 0 Å². The number of carbonyl (C=O) groups excluding carboxylic acids is 2. The molecule has 0 unspecified atom stereocenters. The van der Waals surface area contributed by atoms with Crippen LogP contribution in [0, 0.1) is 6.92 Å². The summed E-state index contributed by atoms with van der Waals surface area (Å²) in [7, 11) is 0. The molecule has 7 heteroatoms. The lowest BCUT2D eigenvalue weighted by Crippen LogP contribution is -2.50. The van der Waals surface area contributed by atoms with Crippen molar-refractivity contribution < 1.29 is 22.8 Å². The molecule has 2 amide bonds. The van der Waals surface area contributed by atoms with E-state index in [0.29, 0.717) is 37.1 Å². The monoisotopic (exact) mass is 432 g/mol. The lowest BCUT2D eigenvalue weighted by atomic mass is 9.82. The summed E-state index contributed by atoms with van der Waals surface area (Å²) in [6, 6.07) is 12.2. The van der Waals surface area contributed by atoms with Crippen LogP contribution in [-0.2, 0) is 16.4 Å². The zero-order valence-corrected chi connectivity index (χ0v) is 17.9. The second kappa shape index (κ2) is 8.73. The van der Waals surface area contributed by atoms with Crippen molar-refractivity contribution >= 4 is 11.8 Å². The molecule has 1 aliphatic heterocycles. The predicted molar refractivity (Wildman–Crippen MR) is 113 cm³/mol.